The number of nitrogens with zero attached hydrogens (tertiary/aromatic N) is 4. The van der Waals surface area contributed by atoms with Crippen LogP contribution in [0.2, 0.25) is 0 Å². The van der Waals surface area contributed by atoms with Gasteiger partial charge in [-0.3, -0.25) is 14.4 Å². The summed E-state index contributed by atoms with van der Waals surface area (Å²) in [5, 5.41) is 27.9. The Labute approximate surface area is 313 Å². The van der Waals surface area contributed by atoms with Crippen molar-refractivity contribution >= 4 is 17.7 Å². The summed E-state index contributed by atoms with van der Waals surface area (Å²) in [4.78, 5) is 43.4. The minimum absolute atomic E-state index is 0.0194. The van der Waals surface area contributed by atoms with Crippen LogP contribution in [0.4, 0.5) is 0 Å². The number of allylic oxidation sites excluding steroid dienone is 2. The molecule has 10 heteroatoms. The average Bonchev–Trinajstić information content (AvgIpc) is 3.70. The fourth-order valence-electron chi connectivity index (χ4n) is 12.8. The number of fused-ring (bicyclic) bond motifs is 7. The summed E-state index contributed by atoms with van der Waals surface area (Å²) < 4.78 is 12.6. The quantitative estimate of drug-likeness (QED) is 0.274. The lowest BCUT2D eigenvalue weighted by Gasteiger charge is -2.72. The second kappa shape index (κ2) is 12.3. The molecule has 2 aromatic rings. The number of pyridine rings is 1. The fourth-order valence-corrected chi connectivity index (χ4v) is 12.8. The molecule has 5 aliphatic carbocycles. The van der Waals surface area contributed by atoms with E-state index < -0.39 is 22.8 Å². The molecule has 1 N–H and O–H groups in total. The summed E-state index contributed by atoms with van der Waals surface area (Å²) in [6.07, 6.45) is 9.01. The van der Waals surface area contributed by atoms with E-state index in [9.17, 15) is 24.8 Å². The standard InChI is InChI=1S/C43H56N4O6/c1-24(2)33-28(48)20-43(36-47-46-35(53-36)27-12-10-25(22-44)23-45-27)19-18-41(8)26(34(33)43)11-13-30-40(7)16-15-31(52-32(49)21-38(3,4)37(50)51)39(5,6)29(40)14-17-42(30,41)9/h10,12,23-24,26,29-31H,11,13-21H2,1-9H3,(H,50,51)/t26-,29?,30?,31+,40+,41-,42-,43-/m1/s1. The van der Waals surface area contributed by atoms with Gasteiger partial charge >= 0.3 is 11.9 Å². The van der Waals surface area contributed by atoms with Crippen molar-refractivity contribution in [1.82, 2.24) is 15.2 Å². The van der Waals surface area contributed by atoms with Crippen molar-refractivity contribution in [2.75, 3.05) is 0 Å². The number of nitriles is 1. The summed E-state index contributed by atoms with van der Waals surface area (Å²) >= 11 is 0. The zero-order valence-electron chi connectivity index (χ0n) is 33.0. The van der Waals surface area contributed by atoms with Gasteiger partial charge in [-0.05, 0) is 128 Å². The lowest BCUT2D eigenvalue weighted by atomic mass is 9.33. The van der Waals surface area contributed by atoms with Gasteiger partial charge in [0.2, 0.25) is 5.89 Å². The van der Waals surface area contributed by atoms with Gasteiger partial charge in [0.15, 0.2) is 5.78 Å². The van der Waals surface area contributed by atoms with Crippen LogP contribution in [0.15, 0.2) is 33.9 Å². The number of hydrogen-bond donors (Lipinski definition) is 1. The van der Waals surface area contributed by atoms with E-state index in [1.54, 1.807) is 26.0 Å². The highest BCUT2D eigenvalue weighted by Gasteiger charge is 2.71. The van der Waals surface area contributed by atoms with Crippen LogP contribution in [0.5, 0.6) is 0 Å². The number of Topliss-reactive ketones (excluding diaryl/α,β-unsaturated/α-hetero) is 1. The molecule has 10 nitrogen and oxygen atoms in total. The van der Waals surface area contributed by atoms with Crippen LogP contribution in [-0.4, -0.2) is 44.1 Å². The number of aromatic nitrogens is 3. The molecule has 2 unspecified atom stereocenters. The maximum atomic E-state index is 14.1. The second-order valence-corrected chi connectivity index (χ2v) is 19.4. The largest absolute Gasteiger partial charge is 0.481 e. The number of carboxylic acids is 1. The van der Waals surface area contributed by atoms with Crippen molar-refractivity contribution in [1.29, 1.82) is 5.26 Å². The van der Waals surface area contributed by atoms with E-state index >= 15 is 0 Å². The van der Waals surface area contributed by atoms with Crippen molar-refractivity contribution in [2.24, 2.45) is 50.7 Å². The molecule has 0 aliphatic heterocycles. The van der Waals surface area contributed by atoms with Crippen molar-refractivity contribution in [3.05, 3.63) is 40.9 Å². The molecule has 0 aromatic carbocycles. The molecule has 0 radical (unpaired) electrons. The minimum atomic E-state index is -1.18. The van der Waals surface area contributed by atoms with Gasteiger partial charge in [0.05, 0.1) is 22.8 Å². The Kier molecular flexibility index (Phi) is 8.71. The molecule has 2 aromatic heterocycles. The number of ether oxygens (including phenoxy) is 1. The fraction of sp³-hybridized carbons (Fsp3) is 0.698. The van der Waals surface area contributed by atoms with Gasteiger partial charge in [0.1, 0.15) is 17.9 Å². The van der Waals surface area contributed by atoms with E-state index in [4.69, 9.17) is 9.15 Å². The first-order valence-corrected chi connectivity index (χ1v) is 19.7. The molecular weight excluding hydrogens is 668 g/mol. The first kappa shape index (κ1) is 37.4. The average molecular weight is 725 g/mol. The molecule has 0 spiro atoms. The monoisotopic (exact) mass is 724 g/mol. The van der Waals surface area contributed by atoms with E-state index in [0.717, 1.165) is 56.9 Å². The number of esters is 1. The van der Waals surface area contributed by atoms with Crippen LogP contribution in [0.25, 0.3) is 11.6 Å². The van der Waals surface area contributed by atoms with Gasteiger partial charge < -0.3 is 14.3 Å². The predicted molar refractivity (Wildman–Crippen MR) is 197 cm³/mol. The molecule has 4 saturated carbocycles. The van der Waals surface area contributed by atoms with Gasteiger partial charge in [-0.1, -0.05) is 48.5 Å². The highest BCUT2D eigenvalue weighted by Crippen LogP contribution is 2.76. The van der Waals surface area contributed by atoms with Crippen LogP contribution >= 0.6 is 0 Å². The number of ketones is 1. The van der Waals surface area contributed by atoms with Crippen molar-refractivity contribution < 1.29 is 28.6 Å². The van der Waals surface area contributed by atoms with Gasteiger partial charge in [0, 0.05) is 18.0 Å². The molecule has 7 rings (SSSR count). The summed E-state index contributed by atoms with van der Waals surface area (Å²) in [5.74, 6) is 0.650. The van der Waals surface area contributed by atoms with Crippen LogP contribution in [0.1, 0.15) is 138 Å². The van der Waals surface area contributed by atoms with E-state index in [2.05, 4.69) is 69.7 Å². The number of aliphatic carboxylic acids is 1. The van der Waals surface area contributed by atoms with E-state index in [-0.39, 0.29) is 51.8 Å². The second-order valence-electron chi connectivity index (χ2n) is 19.4. The lowest BCUT2D eigenvalue weighted by molar-refractivity contribution is -0.232. The number of carbonyl (C=O) groups is 3. The van der Waals surface area contributed by atoms with Gasteiger partial charge in [0.25, 0.3) is 5.89 Å². The Morgan fingerprint density at radius 1 is 1.00 bits per heavy atom. The summed E-state index contributed by atoms with van der Waals surface area (Å²) in [6.45, 7) is 19.5. The molecule has 8 atom stereocenters. The summed E-state index contributed by atoms with van der Waals surface area (Å²) in [7, 11) is 0. The third kappa shape index (κ3) is 5.37. The molecule has 53 heavy (non-hydrogen) atoms. The Morgan fingerprint density at radius 3 is 2.38 bits per heavy atom. The third-order valence-electron chi connectivity index (χ3n) is 15.8. The van der Waals surface area contributed by atoms with E-state index in [1.165, 1.54) is 11.8 Å². The molecule has 0 amide bonds. The van der Waals surface area contributed by atoms with Crippen LogP contribution in [0.3, 0.4) is 0 Å². The SMILES string of the molecule is CC(C)C1=C2[C@H]3CCC4[C@@]5(C)CC[C@H](OC(=O)CC(C)(C)C(=O)O)C(C)(C)C5CC[C@@]4(C)[C@]3(C)CC[C@@]2(c2nnc(-c3ccc(C#N)cn3)o2)CC1=O. The van der Waals surface area contributed by atoms with Crippen LogP contribution in [-0.2, 0) is 24.5 Å². The predicted octanol–water partition coefficient (Wildman–Crippen LogP) is 8.65. The number of hydrogen-bond acceptors (Lipinski definition) is 9. The Morgan fingerprint density at radius 2 is 1.74 bits per heavy atom. The van der Waals surface area contributed by atoms with E-state index in [0.29, 0.717) is 41.3 Å². The maximum absolute atomic E-state index is 14.1. The molecule has 4 fully saturated rings. The lowest BCUT2D eigenvalue weighted by Crippen LogP contribution is -2.66. The van der Waals surface area contributed by atoms with Crippen LogP contribution in [0, 0.1) is 62.1 Å². The van der Waals surface area contributed by atoms with E-state index in [1.807, 2.05) is 0 Å². The molecule has 0 bridgehead atoms. The van der Waals surface area contributed by atoms with Gasteiger partial charge in [-0.2, -0.15) is 5.26 Å². The zero-order valence-corrected chi connectivity index (χ0v) is 33.0. The minimum Gasteiger partial charge on any atom is -0.481 e. The van der Waals surface area contributed by atoms with Gasteiger partial charge in [-0.25, -0.2) is 4.98 Å². The topological polar surface area (TPSA) is 156 Å². The zero-order chi connectivity index (χ0) is 38.5. The maximum Gasteiger partial charge on any atom is 0.309 e. The first-order chi connectivity index (χ1) is 24.7. The van der Waals surface area contributed by atoms with Crippen LogP contribution < -0.4 is 0 Å². The molecular formula is C43H56N4O6. The molecule has 2 heterocycles. The number of carboxylic acid groups (broad SMARTS) is 1. The smallest absolute Gasteiger partial charge is 0.309 e. The van der Waals surface area contributed by atoms with Crippen molar-refractivity contribution in [3.63, 3.8) is 0 Å². The Bertz CT molecular complexity index is 1920. The van der Waals surface area contributed by atoms with Gasteiger partial charge in [-0.15, -0.1) is 10.2 Å². The highest BCUT2D eigenvalue weighted by atomic mass is 16.5. The first-order valence-electron chi connectivity index (χ1n) is 19.7. The van der Waals surface area contributed by atoms with Crippen molar-refractivity contribution in [3.8, 4) is 17.7 Å². The third-order valence-corrected chi connectivity index (χ3v) is 15.8. The molecule has 284 valence electrons. The summed E-state index contributed by atoms with van der Waals surface area (Å²) in [5.41, 5.74) is 1.08. The number of rotatable bonds is 7. The Hall–Kier alpha value is -3.87. The number of carbonyl (C=O) groups excluding carboxylic acids is 2. The Balaban J connectivity index is 1.20. The normalized spacial score (nSPS) is 36.2. The highest BCUT2D eigenvalue weighted by molar-refractivity contribution is 6.01. The van der Waals surface area contributed by atoms with Crippen molar-refractivity contribution in [2.45, 2.75) is 138 Å². The molecule has 0 saturated heterocycles. The molecule has 5 aliphatic rings. The summed E-state index contributed by atoms with van der Waals surface area (Å²) in [6, 6.07) is 5.51.